The van der Waals surface area contributed by atoms with E-state index in [1.54, 1.807) is 25.1 Å². The maximum Gasteiger partial charge on any atom is 0.387 e. The molecule has 0 heterocycles. The molecule has 0 amide bonds. The summed E-state index contributed by atoms with van der Waals surface area (Å²) < 4.78 is 29.1. The van der Waals surface area contributed by atoms with E-state index in [0.29, 0.717) is 16.4 Å². The molecule has 21 heavy (non-hydrogen) atoms. The van der Waals surface area contributed by atoms with Crippen LogP contribution in [0.2, 0.25) is 0 Å². The van der Waals surface area contributed by atoms with Crippen molar-refractivity contribution in [3.05, 3.63) is 29.8 Å². The van der Waals surface area contributed by atoms with Gasteiger partial charge in [0.05, 0.1) is 5.71 Å². The lowest BCUT2D eigenvalue weighted by Gasteiger charge is -2.11. The zero-order valence-corrected chi connectivity index (χ0v) is 12.8. The van der Waals surface area contributed by atoms with Gasteiger partial charge in [-0.05, 0) is 37.7 Å². The molecule has 4 nitrogen and oxygen atoms in total. The van der Waals surface area contributed by atoms with Crippen LogP contribution in [0.1, 0.15) is 32.3 Å². The molecule has 2 N–H and O–H groups in total. The average molecular weight is 315 g/mol. The molecule has 0 aliphatic carbocycles. The number of nitrogens with zero attached hydrogens (tertiary/aromatic N) is 1. The minimum absolute atomic E-state index is 0.0837. The monoisotopic (exact) mass is 315 g/mol. The minimum atomic E-state index is -2.87. The normalized spacial score (nSPS) is 11.4. The van der Waals surface area contributed by atoms with E-state index >= 15 is 0 Å². The molecule has 0 aliphatic rings. The number of benzene rings is 1. The van der Waals surface area contributed by atoms with E-state index in [0.717, 1.165) is 19.4 Å². The maximum atomic E-state index is 12.3. The van der Waals surface area contributed by atoms with Crippen molar-refractivity contribution in [3.8, 4) is 5.75 Å². The Bertz CT molecular complexity index is 495. The second-order valence-corrected chi connectivity index (χ2v) is 4.70. The summed E-state index contributed by atoms with van der Waals surface area (Å²) in [4.78, 5) is 0. The summed E-state index contributed by atoms with van der Waals surface area (Å²) in [5.74, 6) is 0.0837. The quantitative estimate of drug-likeness (QED) is 0.351. The summed E-state index contributed by atoms with van der Waals surface area (Å²) in [6.07, 6.45) is 2.08. The summed E-state index contributed by atoms with van der Waals surface area (Å²) in [5.41, 5.74) is 3.68. The molecule has 0 aliphatic heterocycles. The molecular weight excluding hydrogens is 296 g/mol. The Kier molecular flexibility index (Phi) is 7.60. The van der Waals surface area contributed by atoms with Crippen LogP contribution in [0, 0.1) is 0 Å². The van der Waals surface area contributed by atoms with Crippen molar-refractivity contribution >= 4 is 23.0 Å². The molecule has 0 unspecified atom stereocenters. The predicted octanol–water partition coefficient (Wildman–Crippen LogP) is 3.28. The van der Waals surface area contributed by atoms with Crippen LogP contribution >= 0.6 is 12.2 Å². The van der Waals surface area contributed by atoms with Gasteiger partial charge in [0.15, 0.2) is 5.11 Å². The van der Waals surface area contributed by atoms with Crippen molar-refractivity contribution in [2.24, 2.45) is 5.10 Å². The number of thiocarbonyl (C=S) groups is 1. The van der Waals surface area contributed by atoms with Gasteiger partial charge in [0.1, 0.15) is 5.75 Å². The molecule has 0 atom stereocenters. The fraction of sp³-hybridized carbons (Fsp3) is 0.429. The molecule has 116 valence electrons. The molecule has 7 heteroatoms. The lowest BCUT2D eigenvalue weighted by Crippen LogP contribution is -2.33. The van der Waals surface area contributed by atoms with Crippen LogP contribution in [0.5, 0.6) is 5.75 Å². The van der Waals surface area contributed by atoms with E-state index in [2.05, 4.69) is 27.5 Å². The summed E-state index contributed by atoms with van der Waals surface area (Å²) in [6.45, 7) is 1.67. The summed E-state index contributed by atoms with van der Waals surface area (Å²) in [7, 11) is 0. The zero-order valence-electron chi connectivity index (χ0n) is 12.0. The zero-order chi connectivity index (χ0) is 15.7. The molecule has 0 radical (unpaired) electrons. The number of para-hydroxylation sites is 1. The molecule has 1 rings (SSSR count). The van der Waals surface area contributed by atoms with E-state index < -0.39 is 6.61 Å². The molecule has 0 aromatic heterocycles. The van der Waals surface area contributed by atoms with Crippen molar-refractivity contribution in [1.82, 2.24) is 10.7 Å². The molecule has 0 saturated carbocycles. The Balaban J connectivity index is 2.67. The highest BCUT2D eigenvalue weighted by Crippen LogP contribution is 2.20. The van der Waals surface area contributed by atoms with Crippen LogP contribution in [0.15, 0.2) is 29.4 Å². The van der Waals surface area contributed by atoms with Crippen LogP contribution in [-0.4, -0.2) is 24.0 Å². The Morgan fingerprint density at radius 3 is 2.76 bits per heavy atom. The van der Waals surface area contributed by atoms with Crippen LogP contribution in [0.4, 0.5) is 8.78 Å². The highest BCUT2D eigenvalue weighted by atomic mass is 32.1. The highest BCUT2D eigenvalue weighted by Gasteiger charge is 2.11. The summed E-state index contributed by atoms with van der Waals surface area (Å²) in [6, 6.07) is 6.48. The van der Waals surface area contributed by atoms with Gasteiger partial charge in [-0.3, -0.25) is 5.43 Å². The van der Waals surface area contributed by atoms with Crippen LogP contribution in [-0.2, 0) is 0 Å². The van der Waals surface area contributed by atoms with E-state index in [1.165, 1.54) is 6.07 Å². The molecule has 0 saturated heterocycles. The highest BCUT2D eigenvalue weighted by molar-refractivity contribution is 7.80. The van der Waals surface area contributed by atoms with Gasteiger partial charge >= 0.3 is 6.61 Å². The van der Waals surface area contributed by atoms with Gasteiger partial charge in [0.25, 0.3) is 0 Å². The first-order valence-corrected chi connectivity index (χ1v) is 7.07. The molecule has 0 bridgehead atoms. The van der Waals surface area contributed by atoms with E-state index in [4.69, 9.17) is 12.2 Å². The number of hydrogen-bond acceptors (Lipinski definition) is 3. The standard InChI is InChI=1S/C14H19F2N3OS/c1-3-4-9-17-14(21)19-18-10(2)11-7-5-6-8-12(11)20-13(15)16/h5-8,13H,3-4,9H2,1-2H3,(H2,17,19,21)/b18-10-. The number of unbranched alkanes of at least 4 members (excludes halogenated alkanes) is 1. The molecule has 1 aromatic carbocycles. The number of ether oxygens (including phenoxy) is 1. The SMILES string of the molecule is CCCCNC(=S)N/N=C(/C)c1ccccc1OC(F)F. The van der Waals surface area contributed by atoms with Gasteiger partial charge in [-0.1, -0.05) is 25.5 Å². The maximum absolute atomic E-state index is 12.3. The lowest BCUT2D eigenvalue weighted by atomic mass is 10.1. The fourth-order valence-electron chi connectivity index (χ4n) is 1.58. The number of alkyl halides is 2. The van der Waals surface area contributed by atoms with E-state index in [-0.39, 0.29) is 5.75 Å². The van der Waals surface area contributed by atoms with Crippen molar-refractivity contribution in [2.45, 2.75) is 33.3 Å². The number of halogens is 2. The van der Waals surface area contributed by atoms with Gasteiger partial charge in [-0.2, -0.15) is 13.9 Å². The first-order chi connectivity index (χ1) is 10.0. The Morgan fingerprint density at radius 1 is 1.38 bits per heavy atom. The smallest absolute Gasteiger partial charge is 0.387 e. The minimum Gasteiger partial charge on any atom is -0.434 e. The number of rotatable bonds is 7. The first kappa shape index (κ1) is 17.3. The molecular formula is C14H19F2N3OS. The predicted molar refractivity (Wildman–Crippen MR) is 83.9 cm³/mol. The second kappa shape index (κ2) is 9.23. The van der Waals surface area contributed by atoms with Gasteiger partial charge in [-0.15, -0.1) is 0 Å². The fourth-order valence-corrected chi connectivity index (χ4v) is 1.73. The largest absolute Gasteiger partial charge is 0.434 e. The van der Waals surface area contributed by atoms with Gasteiger partial charge in [0.2, 0.25) is 0 Å². The van der Waals surface area contributed by atoms with Crippen molar-refractivity contribution < 1.29 is 13.5 Å². The first-order valence-electron chi connectivity index (χ1n) is 6.67. The molecule has 0 fully saturated rings. The average Bonchev–Trinajstić information content (AvgIpc) is 2.45. The van der Waals surface area contributed by atoms with E-state index in [1.807, 2.05) is 0 Å². The van der Waals surface area contributed by atoms with Crippen LogP contribution in [0.3, 0.4) is 0 Å². The molecule has 1 aromatic rings. The topological polar surface area (TPSA) is 45.7 Å². The second-order valence-electron chi connectivity index (χ2n) is 4.29. The summed E-state index contributed by atoms with van der Waals surface area (Å²) in [5, 5.41) is 7.48. The van der Waals surface area contributed by atoms with Crippen molar-refractivity contribution in [2.75, 3.05) is 6.54 Å². The number of hydrazone groups is 1. The molecule has 0 spiro atoms. The van der Waals surface area contributed by atoms with Crippen molar-refractivity contribution in [1.29, 1.82) is 0 Å². The van der Waals surface area contributed by atoms with Crippen LogP contribution < -0.4 is 15.5 Å². The summed E-state index contributed by atoms with van der Waals surface area (Å²) >= 11 is 5.06. The third kappa shape index (κ3) is 6.48. The van der Waals surface area contributed by atoms with Gasteiger partial charge in [0, 0.05) is 12.1 Å². The van der Waals surface area contributed by atoms with Crippen molar-refractivity contribution in [3.63, 3.8) is 0 Å². The third-order valence-electron chi connectivity index (χ3n) is 2.63. The Labute approximate surface area is 128 Å². The van der Waals surface area contributed by atoms with Gasteiger partial charge in [-0.25, -0.2) is 0 Å². The van der Waals surface area contributed by atoms with Gasteiger partial charge < -0.3 is 10.1 Å². The third-order valence-corrected chi connectivity index (χ3v) is 2.87. The van der Waals surface area contributed by atoms with Crippen LogP contribution in [0.25, 0.3) is 0 Å². The Morgan fingerprint density at radius 2 is 2.10 bits per heavy atom. The number of hydrogen-bond donors (Lipinski definition) is 2. The lowest BCUT2D eigenvalue weighted by molar-refractivity contribution is -0.0499. The van der Waals surface area contributed by atoms with E-state index in [9.17, 15) is 8.78 Å². The number of nitrogens with one attached hydrogen (secondary N) is 2. The Hall–Kier alpha value is -1.76.